The van der Waals surface area contributed by atoms with Gasteiger partial charge in [0.15, 0.2) is 0 Å². The third kappa shape index (κ3) is 2.53. The van der Waals surface area contributed by atoms with Crippen LogP contribution >= 0.6 is 0 Å². The Bertz CT molecular complexity index is 454. The van der Waals surface area contributed by atoms with Crippen LogP contribution in [0.1, 0.15) is 13.3 Å². The molecule has 18 heavy (non-hydrogen) atoms. The number of likely N-dealkylation sites (tertiary alicyclic amines) is 1. The largest absolute Gasteiger partial charge is 0.508 e. The number of rotatable bonds is 3. The van der Waals surface area contributed by atoms with Gasteiger partial charge in [-0.1, -0.05) is 0 Å². The second-order valence-corrected chi connectivity index (χ2v) is 4.82. The topological polar surface area (TPSA) is 78.6 Å². The van der Waals surface area contributed by atoms with Crippen LogP contribution in [0.2, 0.25) is 0 Å². The lowest BCUT2D eigenvalue weighted by Crippen LogP contribution is -2.25. The van der Waals surface area contributed by atoms with E-state index >= 15 is 0 Å². The predicted molar refractivity (Wildman–Crippen MR) is 68.9 cm³/mol. The first-order valence-electron chi connectivity index (χ1n) is 5.91. The summed E-state index contributed by atoms with van der Waals surface area (Å²) < 4.78 is 0. The average molecular weight is 251 g/mol. The zero-order valence-corrected chi connectivity index (χ0v) is 10.5. The number of hydrogen-bond acceptors (Lipinski definition) is 5. The van der Waals surface area contributed by atoms with Crippen LogP contribution in [0.15, 0.2) is 18.2 Å². The van der Waals surface area contributed by atoms with Crippen molar-refractivity contribution < 1.29 is 10.0 Å². The lowest BCUT2D eigenvalue weighted by molar-refractivity contribution is -0.384. The summed E-state index contributed by atoms with van der Waals surface area (Å²) in [4.78, 5) is 12.7. The molecule has 0 saturated carbocycles. The minimum atomic E-state index is -0.482. The summed E-state index contributed by atoms with van der Waals surface area (Å²) in [5.74, 6) is -0.0934. The number of phenols is 1. The van der Waals surface area contributed by atoms with Gasteiger partial charge in [0.05, 0.1) is 11.0 Å². The molecule has 2 atom stereocenters. The zero-order valence-electron chi connectivity index (χ0n) is 10.5. The van der Waals surface area contributed by atoms with Crippen LogP contribution in [0.25, 0.3) is 0 Å². The average Bonchev–Trinajstić information content (AvgIpc) is 2.60. The number of benzene rings is 1. The third-order valence-corrected chi connectivity index (χ3v) is 3.42. The molecule has 98 valence electrons. The molecule has 0 spiro atoms. The summed E-state index contributed by atoms with van der Waals surface area (Å²) in [5, 5.41) is 23.4. The van der Waals surface area contributed by atoms with Gasteiger partial charge >= 0.3 is 0 Å². The quantitative estimate of drug-likeness (QED) is 0.486. The molecule has 1 aliphatic rings. The molecule has 2 N–H and O–H groups in total. The first-order chi connectivity index (χ1) is 8.47. The van der Waals surface area contributed by atoms with Crippen molar-refractivity contribution in [2.24, 2.45) is 0 Å². The van der Waals surface area contributed by atoms with Gasteiger partial charge in [0.1, 0.15) is 11.4 Å². The van der Waals surface area contributed by atoms with Gasteiger partial charge in [-0.3, -0.25) is 10.1 Å². The van der Waals surface area contributed by atoms with Crippen molar-refractivity contribution in [2.75, 3.05) is 18.9 Å². The molecule has 1 aliphatic heterocycles. The first-order valence-corrected chi connectivity index (χ1v) is 5.91. The van der Waals surface area contributed by atoms with Crippen LogP contribution in [0.3, 0.4) is 0 Å². The van der Waals surface area contributed by atoms with Crippen molar-refractivity contribution in [1.29, 1.82) is 0 Å². The summed E-state index contributed by atoms with van der Waals surface area (Å²) >= 11 is 0. The number of hydrogen-bond donors (Lipinski definition) is 2. The number of nitrogens with one attached hydrogen (secondary N) is 1. The van der Waals surface area contributed by atoms with E-state index < -0.39 is 4.92 Å². The molecule has 1 saturated heterocycles. The van der Waals surface area contributed by atoms with E-state index in [-0.39, 0.29) is 17.5 Å². The lowest BCUT2D eigenvalue weighted by atomic mass is 10.1. The van der Waals surface area contributed by atoms with E-state index in [0.29, 0.717) is 11.7 Å². The van der Waals surface area contributed by atoms with Crippen LogP contribution in [0, 0.1) is 10.1 Å². The molecule has 2 rings (SSSR count). The van der Waals surface area contributed by atoms with Crippen molar-refractivity contribution in [3.8, 4) is 5.75 Å². The van der Waals surface area contributed by atoms with Gasteiger partial charge in [-0.25, -0.2) is 0 Å². The Kier molecular flexibility index (Phi) is 3.38. The Morgan fingerprint density at radius 1 is 1.56 bits per heavy atom. The normalized spacial score (nSPS) is 24.1. The minimum Gasteiger partial charge on any atom is -0.508 e. The number of nitro benzene ring substituents is 1. The van der Waals surface area contributed by atoms with Gasteiger partial charge in [-0.2, -0.15) is 0 Å². The molecule has 0 aromatic heterocycles. The monoisotopic (exact) mass is 251 g/mol. The van der Waals surface area contributed by atoms with E-state index in [4.69, 9.17) is 0 Å². The number of likely N-dealkylation sites (N-methyl/N-ethyl adjacent to an activating group) is 1. The highest BCUT2D eigenvalue weighted by Gasteiger charge is 2.27. The maximum atomic E-state index is 10.9. The summed E-state index contributed by atoms with van der Waals surface area (Å²) in [6.45, 7) is 2.99. The Morgan fingerprint density at radius 2 is 2.28 bits per heavy atom. The van der Waals surface area contributed by atoms with Crippen molar-refractivity contribution in [1.82, 2.24) is 4.90 Å². The lowest BCUT2D eigenvalue weighted by Gasteiger charge is -2.14. The van der Waals surface area contributed by atoms with Crippen LogP contribution < -0.4 is 5.32 Å². The number of nitro groups is 1. The van der Waals surface area contributed by atoms with Crippen molar-refractivity contribution in [3.05, 3.63) is 28.3 Å². The molecule has 0 bridgehead atoms. The van der Waals surface area contributed by atoms with Crippen LogP contribution in [-0.2, 0) is 0 Å². The summed E-state index contributed by atoms with van der Waals surface area (Å²) in [6, 6.07) is 4.85. The molecule has 0 amide bonds. The fraction of sp³-hybridized carbons (Fsp3) is 0.500. The molecular weight excluding hydrogens is 234 g/mol. The molecule has 0 radical (unpaired) electrons. The Hall–Kier alpha value is -1.82. The number of anilines is 1. The fourth-order valence-electron chi connectivity index (χ4n) is 2.31. The van der Waals surface area contributed by atoms with E-state index in [1.807, 2.05) is 7.05 Å². The summed E-state index contributed by atoms with van der Waals surface area (Å²) in [5.41, 5.74) is 0.377. The molecule has 1 aromatic rings. The smallest absolute Gasteiger partial charge is 0.296 e. The summed E-state index contributed by atoms with van der Waals surface area (Å²) in [6.07, 6.45) is 0.953. The van der Waals surface area contributed by atoms with E-state index in [1.165, 1.54) is 12.1 Å². The number of nitrogens with zero attached hydrogens (tertiary/aromatic N) is 2. The summed E-state index contributed by atoms with van der Waals surface area (Å²) in [7, 11) is 2.04. The maximum Gasteiger partial charge on any atom is 0.296 e. The molecule has 2 unspecified atom stereocenters. The second-order valence-electron chi connectivity index (χ2n) is 4.82. The van der Waals surface area contributed by atoms with Crippen molar-refractivity contribution in [2.45, 2.75) is 25.4 Å². The van der Waals surface area contributed by atoms with Gasteiger partial charge in [0.25, 0.3) is 5.69 Å². The van der Waals surface area contributed by atoms with Gasteiger partial charge < -0.3 is 15.3 Å². The molecule has 1 fully saturated rings. The van der Waals surface area contributed by atoms with Crippen molar-refractivity contribution >= 4 is 11.4 Å². The van der Waals surface area contributed by atoms with Crippen LogP contribution in [0.5, 0.6) is 5.75 Å². The Balaban J connectivity index is 2.17. The van der Waals surface area contributed by atoms with Crippen molar-refractivity contribution in [3.63, 3.8) is 0 Å². The molecule has 1 heterocycles. The predicted octanol–water partition coefficient (Wildman–Crippen LogP) is 1.80. The van der Waals surface area contributed by atoms with E-state index in [9.17, 15) is 15.2 Å². The van der Waals surface area contributed by atoms with Gasteiger partial charge in [-0.15, -0.1) is 0 Å². The van der Waals surface area contributed by atoms with Crippen LogP contribution in [0.4, 0.5) is 11.4 Å². The SMILES string of the molecule is CC1CC(Nc2ccc(O)cc2[N+](=O)[O-])CN1C. The molecular formula is C12H17N3O3. The fourth-order valence-corrected chi connectivity index (χ4v) is 2.31. The second kappa shape index (κ2) is 4.81. The highest BCUT2D eigenvalue weighted by molar-refractivity contribution is 5.64. The third-order valence-electron chi connectivity index (χ3n) is 3.42. The number of aromatic hydroxyl groups is 1. The molecule has 6 nitrogen and oxygen atoms in total. The highest BCUT2D eigenvalue weighted by Crippen LogP contribution is 2.30. The Morgan fingerprint density at radius 3 is 2.83 bits per heavy atom. The highest BCUT2D eigenvalue weighted by atomic mass is 16.6. The molecule has 1 aromatic carbocycles. The molecule has 6 heteroatoms. The van der Waals surface area contributed by atoms with E-state index in [0.717, 1.165) is 13.0 Å². The van der Waals surface area contributed by atoms with E-state index in [2.05, 4.69) is 17.1 Å². The van der Waals surface area contributed by atoms with E-state index in [1.54, 1.807) is 6.07 Å². The minimum absolute atomic E-state index is 0.0859. The first kappa shape index (κ1) is 12.6. The Labute approximate surface area is 105 Å². The number of phenolic OH excluding ortho intramolecular Hbond substituents is 1. The molecule has 0 aliphatic carbocycles. The zero-order chi connectivity index (χ0) is 13.3. The van der Waals surface area contributed by atoms with Crippen LogP contribution in [-0.4, -0.2) is 40.6 Å². The van der Waals surface area contributed by atoms with Gasteiger partial charge in [0, 0.05) is 18.6 Å². The standard InChI is InChI=1S/C12H17N3O3/c1-8-5-9(7-14(8)2)13-11-4-3-10(16)6-12(11)15(17)18/h3-4,6,8-9,13,16H,5,7H2,1-2H3. The van der Waals surface area contributed by atoms with Gasteiger partial charge in [0.2, 0.25) is 0 Å². The van der Waals surface area contributed by atoms with Gasteiger partial charge in [-0.05, 0) is 32.5 Å². The maximum absolute atomic E-state index is 10.9.